The molecule has 0 saturated carbocycles. The summed E-state index contributed by atoms with van der Waals surface area (Å²) in [5.41, 5.74) is 1.58. The van der Waals surface area contributed by atoms with E-state index in [0.717, 1.165) is 23.4 Å². The van der Waals surface area contributed by atoms with Gasteiger partial charge >= 0.3 is 0 Å². The SMILES string of the molecule is O=C1CCSc2ccc(S(=O)(=O)N3CCC(Cc4ccccn4)C3)cc2N1. The highest BCUT2D eigenvalue weighted by Gasteiger charge is 2.33. The van der Waals surface area contributed by atoms with Crippen molar-refractivity contribution in [1.82, 2.24) is 9.29 Å². The van der Waals surface area contributed by atoms with E-state index >= 15 is 0 Å². The van der Waals surface area contributed by atoms with Crippen LogP contribution in [0, 0.1) is 5.92 Å². The van der Waals surface area contributed by atoms with Gasteiger partial charge in [0.1, 0.15) is 0 Å². The second-order valence-corrected chi connectivity index (χ2v) is 9.92. The van der Waals surface area contributed by atoms with E-state index in [1.54, 1.807) is 40.5 Å². The molecule has 6 nitrogen and oxygen atoms in total. The Bertz CT molecular complexity index is 948. The van der Waals surface area contributed by atoms with Crippen LogP contribution in [0.25, 0.3) is 0 Å². The summed E-state index contributed by atoms with van der Waals surface area (Å²) in [7, 11) is -3.57. The van der Waals surface area contributed by atoms with Gasteiger partial charge in [-0.15, -0.1) is 11.8 Å². The van der Waals surface area contributed by atoms with Crippen LogP contribution in [0.4, 0.5) is 5.69 Å². The van der Waals surface area contributed by atoms with E-state index < -0.39 is 10.0 Å². The lowest BCUT2D eigenvalue weighted by Crippen LogP contribution is -2.29. The summed E-state index contributed by atoms with van der Waals surface area (Å²) in [5, 5.41) is 2.82. The quantitative estimate of drug-likeness (QED) is 0.849. The maximum absolute atomic E-state index is 13.1. The third-order valence-corrected chi connectivity index (χ3v) is 7.86. The molecule has 1 aromatic carbocycles. The third kappa shape index (κ3) is 4.02. The Hall–Kier alpha value is -1.90. The molecule has 1 amide bonds. The fourth-order valence-electron chi connectivity index (χ4n) is 3.51. The number of nitrogens with zero attached hydrogens (tertiary/aromatic N) is 2. The van der Waals surface area contributed by atoms with Crippen LogP contribution in [0.1, 0.15) is 18.5 Å². The van der Waals surface area contributed by atoms with Gasteiger partial charge in [-0.05, 0) is 49.1 Å². The number of sulfonamides is 1. The minimum atomic E-state index is -3.57. The van der Waals surface area contributed by atoms with Gasteiger partial charge in [0.25, 0.3) is 0 Å². The van der Waals surface area contributed by atoms with Gasteiger partial charge in [-0.25, -0.2) is 8.42 Å². The number of hydrogen-bond acceptors (Lipinski definition) is 5. The molecule has 8 heteroatoms. The summed E-state index contributed by atoms with van der Waals surface area (Å²) < 4.78 is 27.7. The summed E-state index contributed by atoms with van der Waals surface area (Å²) in [4.78, 5) is 17.3. The summed E-state index contributed by atoms with van der Waals surface area (Å²) in [6, 6.07) is 10.8. The number of fused-ring (bicyclic) bond motifs is 1. The number of benzene rings is 1. The van der Waals surface area contributed by atoms with Crippen molar-refractivity contribution in [3.63, 3.8) is 0 Å². The molecule has 2 aliphatic rings. The average Bonchev–Trinajstić information content (AvgIpc) is 3.04. The molecule has 1 unspecified atom stereocenters. The van der Waals surface area contributed by atoms with Gasteiger partial charge in [0.05, 0.1) is 10.6 Å². The monoisotopic (exact) mass is 403 g/mol. The van der Waals surface area contributed by atoms with E-state index in [1.165, 1.54) is 0 Å². The topological polar surface area (TPSA) is 79.4 Å². The van der Waals surface area contributed by atoms with Crippen LogP contribution in [0.3, 0.4) is 0 Å². The number of amides is 1. The summed E-state index contributed by atoms with van der Waals surface area (Å²) in [6.45, 7) is 1.01. The minimum Gasteiger partial charge on any atom is -0.325 e. The maximum atomic E-state index is 13.1. The standard InChI is InChI=1S/C19H21N3O3S2/c23-19-7-10-26-18-5-4-16(12-17(18)21-19)27(24,25)22-9-6-14(13-22)11-15-3-1-2-8-20-15/h1-5,8,12,14H,6-7,9-11,13H2,(H,21,23). The number of pyridine rings is 1. The Morgan fingerprint density at radius 1 is 1.26 bits per heavy atom. The highest BCUT2D eigenvalue weighted by molar-refractivity contribution is 7.99. The van der Waals surface area contributed by atoms with Gasteiger partial charge in [-0.1, -0.05) is 6.07 Å². The van der Waals surface area contributed by atoms with Gasteiger partial charge < -0.3 is 5.32 Å². The predicted octanol–water partition coefficient (Wildman–Crippen LogP) is 2.77. The smallest absolute Gasteiger partial charge is 0.243 e. The number of aromatic nitrogens is 1. The molecule has 4 rings (SSSR count). The van der Waals surface area contributed by atoms with Crippen LogP contribution in [-0.2, 0) is 21.2 Å². The van der Waals surface area contributed by atoms with Crippen LogP contribution in [0.5, 0.6) is 0 Å². The number of anilines is 1. The van der Waals surface area contributed by atoms with E-state index in [1.807, 2.05) is 18.2 Å². The Labute approximate surface area is 163 Å². The van der Waals surface area contributed by atoms with Gasteiger partial charge in [0, 0.05) is 42.0 Å². The first-order valence-corrected chi connectivity index (χ1v) is 11.4. The molecule has 0 radical (unpaired) electrons. The van der Waals surface area contributed by atoms with Crippen LogP contribution in [0.15, 0.2) is 52.4 Å². The molecule has 1 atom stereocenters. The molecule has 0 aliphatic carbocycles. The lowest BCUT2D eigenvalue weighted by atomic mass is 10.0. The number of rotatable bonds is 4. The highest BCUT2D eigenvalue weighted by atomic mass is 32.2. The van der Waals surface area contributed by atoms with Crippen molar-refractivity contribution >= 4 is 33.4 Å². The van der Waals surface area contributed by atoms with E-state index in [2.05, 4.69) is 10.3 Å². The second kappa shape index (κ2) is 7.61. The van der Waals surface area contributed by atoms with Crippen LogP contribution in [0.2, 0.25) is 0 Å². The largest absolute Gasteiger partial charge is 0.325 e. The number of thioether (sulfide) groups is 1. The van der Waals surface area contributed by atoms with Crippen molar-refractivity contribution in [2.45, 2.75) is 29.1 Å². The number of carbonyl (C=O) groups excluding carboxylic acids is 1. The number of carbonyl (C=O) groups is 1. The van der Waals surface area contributed by atoms with E-state index in [0.29, 0.717) is 31.0 Å². The van der Waals surface area contributed by atoms with E-state index in [4.69, 9.17) is 0 Å². The van der Waals surface area contributed by atoms with Crippen molar-refractivity contribution in [3.8, 4) is 0 Å². The predicted molar refractivity (Wildman–Crippen MR) is 105 cm³/mol. The van der Waals surface area contributed by atoms with Crippen molar-refractivity contribution in [1.29, 1.82) is 0 Å². The fourth-order valence-corrected chi connectivity index (χ4v) is 6.00. The molecule has 0 spiro atoms. The van der Waals surface area contributed by atoms with Crippen LogP contribution < -0.4 is 5.32 Å². The summed E-state index contributed by atoms with van der Waals surface area (Å²) >= 11 is 1.57. The number of nitrogens with one attached hydrogen (secondary N) is 1. The Balaban J connectivity index is 1.51. The zero-order valence-electron chi connectivity index (χ0n) is 14.8. The van der Waals surface area contributed by atoms with Gasteiger partial charge in [0.2, 0.25) is 15.9 Å². The molecule has 142 valence electrons. The maximum Gasteiger partial charge on any atom is 0.243 e. The first kappa shape index (κ1) is 18.5. The van der Waals surface area contributed by atoms with Crippen molar-refractivity contribution in [2.75, 3.05) is 24.2 Å². The minimum absolute atomic E-state index is 0.0765. The van der Waals surface area contributed by atoms with Gasteiger partial charge in [-0.2, -0.15) is 4.31 Å². The van der Waals surface area contributed by atoms with Crippen molar-refractivity contribution in [3.05, 3.63) is 48.3 Å². The molecule has 1 fully saturated rings. The molecule has 27 heavy (non-hydrogen) atoms. The normalized spacial score (nSPS) is 20.7. The number of hydrogen-bond donors (Lipinski definition) is 1. The Morgan fingerprint density at radius 3 is 2.96 bits per heavy atom. The first-order chi connectivity index (χ1) is 13.0. The van der Waals surface area contributed by atoms with Crippen molar-refractivity contribution in [2.24, 2.45) is 5.92 Å². The van der Waals surface area contributed by atoms with Crippen LogP contribution >= 0.6 is 11.8 Å². The first-order valence-electron chi connectivity index (χ1n) is 8.99. The average molecular weight is 404 g/mol. The van der Waals surface area contributed by atoms with Crippen molar-refractivity contribution < 1.29 is 13.2 Å². The molecular formula is C19H21N3O3S2. The fraction of sp³-hybridized carbons (Fsp3) is 0.368. The lowest BCUT2D eigenvalue weighted by Gasteiger charge is -2.18. The van der Waals surface area contributed by atoms with Crippen LogP contribution in [-0.4, -0.2) is 42.5 Å². The second-order valence-electron chi connectivity index (χ2n) is 6.85. The molecule has 2 aromatic rings. The van der Waals surface area contributed by atoms with E-state index in [-0.39, 0.29) is 16.7 Å². The Kier molecular flexibility index (Phi) is 5.21. The zero-order chi connectivity index (χ0) is 18.9. The molecule has 1 N–H and O–H groups in total. The van der Waals surface area contributed by atoms with E-state index in [9.17, 15) is 13.2 Å². The molecular weight excluding hydrogens is 382 g/mol. The molecule has 2 aliphatic heterocycles. The molecule has 1 aromatic heterocycles. The molecule has 0 bridgehead atoms. The third-order valence-electron chi connectivity index (χ3n) is 4.92. The molecule has 1 saturated heterocycles. The zero-order valence-corrected chi connectivity index (χ0v) is 16.4. The Morgan fingerprint density at radius 2 is 2.15 bits per heavy atom. The van der Waals surface area contributed by atoms with Gasteiger partial charge in [0.15, 0.2) is 0 Å². The lowest BCUT2D eigenvalue weighted by molar-refractivity contribution is -0.115. The highest BCUT2D eigenvalue weighted by Crippen LogP contribution is 2.34. The van der Waals surface area contributed by atoms with Gasteiger partial charge in [-0.3, -0.25) is 9.78 Å². The molecule has 3 heterocycles. The summed E-state index contributed by atoms with van der Waals surface area (Å²) in [5.74, 6) is 0.893. The summed E-state index contributed by atoms with van der Waals surface area (Å²) in [6.07, 6.45) is 3.81.